The normalized spacial score (nSPS) is 25.2. The summed E-state index contributed by atoms with van der Waals surface area (Å²) in [5.41, 5.74) is -0.396. The van der Waals surface area contributed by atoms with E-state index < -0.39 is 24.0 Å². The summed E-state index contributed by atoms with van der Waals surface area (Å²) in [6.45, 7) is 13.1. The van der Waals surface area contributed by atoms with Gasteiger partial charge in [0.25, 0.3) is 0 Å². The van der Waals surface area contributed by atoms with E-state index in [1.165, 1.54) is 77.5 Å². The number of fused-ring (bicyclic) bond motifs is 3. The average Bonchev–Trinajstić information content (AvgIpc) is 2.66. The monoisotopic (exact) mass is 501 g/mol. The van der Waals surface area contributed by atoms with Gasteiger partial charge in [-0.2, -0.15) is 0 Å². The number of carbonyl (C=O) groups excluding carboxylic acids is 1. The number of piperidine rings is 2. The van der Waals surface area contributed by atoms with Crippen LogP contribution in [0.4, 0.5) is 4.79 Å². The van der Waals surface area contributed by atoms with Gasteiger partial charge in [0.05, 0.1) is 0 Å². The Morgan fingerprint density at radius 2 is 1.36 bits per heavy atom. The number of hydrogen-bond acceptors (Lipinski definition) is 2. The molecule has 28 heavy (non-hydrogen) atoms. The van der Waals surface area contributed by atoms with Crippen molar-refractivity contribution in [2.24, 2.45) is 5.92 Å². The standard InChI is InChI=1S/C12H20NO2.3C4H9.Sn/c1-12(2,3)15-11(14)13-8-9-4-6-10(13)7-5-9;3*1-3-4-2;/h8-10H,4-7H2,1-3H3;3*1,3-4H2,2H3;. The molecule has 1 unspecified atom stereocenters. The molecule has 164 valence electrons. The first-order chi connectivity index (χ1) is 13.3. The van der Waals surface area contributed by atoms with E-state index in [9.17, 15) is 4.79 Å². The van der Waals surface area contributed by atoms with Gasteiger partial charge in [-0.25, -0.2) is 0 Å². The van der Waals surface area contributed by atoms with Crippen LogP contribution >= 0.6 is 0 Å². The van der Waals surface area contributed by atoms with Crippen LogP contribution in [0.2, 0.25) is 13.3 Å². The van der Waals surface area contributed by atoms with Crippen LogP contribution in [0.1, 0.15) is 106 Å². The van der Waals surface area contributed by atoms with E-state index in [0.717, 1.165) is 5.92 Å². The first-order valence-corrected chi connectivity index (χ1v) is 20.0. The molecular weight excluding hydrogens is 453 g/mol. The Balaban J connectivity index is 2.40. The Bertz CT molecular complexity index is 458. The van der Waals surface area contributed by atoms with Crippen LogP contribution in [0.5, 0.6) is 0 Å². The number of rotatable bonds is 10. The number of nitrogens with zero attached hydrogens (tertiary/aromatic N) is 1. The van der Waals surface area contributed by atoms with Crippen LogP contribution in [0.25, 0.3) is 0 Å². The number of amides is 1. The van der Waals surface area contributed by atoms with Crippen LogP contribution in [-0.2, 0) is 4.74 Å². The van der Waals surface area contributed by atoms with Gasteiger partial charge in [-0.1, -0.05) is 0 Å². The first kappa shape index (κ1) is 24.3. The van der Waals surface area contributed by atoms with E-state index in [-0.39, 0.29) is 6.09 Å². The Kier molecular flexibility index (Phi) is 9.48. The molecule has 0 N–H and O–H groups in total. The number of carbonyl (C=O) groups is 1. The van der Waals surface area contributed by atoms with Crippen molar-refractivity contribution in [2.75, 3.05) is 0 Å². The fraction of sp³-hybridized carbons (Fsp3) is 0.958. The predicted octanol–water partition coefficient (Wildman–Crippen LogP) is 7.55. The first-order valence-electron chi connectivity index (χ1n) is 12.3. The van der Waals surface area contributed by atoms with E-state index in [0.29, 0.717) is 10.1 Å². The molecule has 3 aliphatic rings. The maximum absolute atomic E-state index is 13.4. The summed E-state index contributed by atoms with van der Waals surface area (Å²) in [6, 6.07) is 0.450. The fourth-order valence-corrected chi connectivity index (χ4v) is 26.0. The molecule has 1 saturated carbocycles. The summed E-state index contributed by atoms with van der Waals surface area (Å²) in [5.74, 6) is 0.763. The molecule has 4 heteroatoms. The minimum atomic E-state index is -2.54. The molecule has 0 spiro atoms. The number of unbranched alkanes of at least 4 members (excludes halogenated alkanes) is 3. The summed E-state index contributed by atoms with van der Waals surface area (Å²) in [4.78, 5) is 15.8. The molecule has 2 aliphatic heterocycles. The van der Waals surface area contributed by atoms with Crippen molar-refractivity contribution < 1.29 is 9.53 Å². The molecule has 0 aromatic carbocycles. The molecule has 1 amide bonds. The Morgan fingerprint density at radius 1 is 0.893 bits per heavy atom. The third kappa shape index (κ3) is 6.04. The molecule has 2 bridgehead atoms. The second-order valence-electron chi connectivity index (χ2n) is 10.6. The van der Waals surface area contributed by atoms with Gasteiger partial charge in [0, 0.05) is 0 Å². The Labute approximate surface area is 179 Å². The summed E-state index contributed by atoms with van der Waals surface area (Å²) >= 11 is -2.54. The molecule has 1 aliphatic carbocycles. The summed E-state index contributed by atoms with van der Waals surface area (Å²) < 4.78 is 11.0. The Morgan fingerprint density at radius 3 is 1.75 bits per heavy atom. The zero-order valence-corrected chi connectivity index (χ0v) is 22.5. The second-order valence-corrected chi connectivity index (χ2v) is 24.3. The summed E-state index contributed by atoms with van der Waals surface area (Å²) in [6.07, 6.45) is 13.2. The topological polar surface area (TPSA) is 29.5 Å². The van der Waals surface area contributed by atoms with Gasteiger partial charge in [0.1, 0.15) is 0 Å². The fourth-order valence-electron chi connectivity index (χ4n) is 5.93. The van der Waals surface area contributed by atoms with Crippen molar-refractivity contribution in [2.45, 2.75) is 135 Å². The molecule has 1 atom stereocenters. The molecule has 3 fully saturated rings. The van der Waals surface area contributed by atoms with Crippen molar-refractivity contribution in [1.82, 2.24) is 4.90 Å². The van der Waals surface area contributed by atoms with Crippen molar-refractivity contribution >= 4 is 24.5 Å². The van der Waals surface area contributed by atoms with Crippen LogP contribution in [0.3, 0.4) is 0 Å². The van der Waals surface area contributed by atoms with Gasteiger partial charge in [-0.05, 0) is 0 Å². The predicted molar refractivity (Wildman–Crippen MR) is 123 cm³/mol. The number of hydrogen-bond donors (Lipinski definition) is 0. The maximum atomic E-state index is 13.4. The molecule has 0 aromatic rings. The molecule has 3 rings (SSSR count). The van der Waals surface area contributed by atoms with Gasteiger partial charge in [-0.3, -0.25) is 0 Å². The van der Waals surface area contributed by atoms with Gasteiger partial charge in [0.2, 0.25) is 0 Å². The zero-order valence-electron chi connectivity index (χ0n) is 19.7. The molecule has 3 nitrogen and oxygen atoms in total. The summed E-state index contributed by atoms with van der Waals surface area (Å²) in [7, 11) is 0. The van der Waals surface area contributed by atoms with Crippen LogP contribution in [-0.4, -0.2) is 45.1 Å². The van der Waals surface area contributed by atoms with Crippen molar-refractivity contribution in [3.05, 3.63) is 0 Å². The zero-order chi connectivity index (χ0) is 20.8. The summed E-state index contributed by atoms with van der Waals surface area (Å²) in [5, 5.41) is 0. The van der Waals surface area contributed by atoms with Gasteiger partial charge < -0.3 is 0 Å². The average molecular weight is 500 g/mol. The second kappa shape index (κ2) is 10.9. The Hall–Kier alpha value is 0.0687. The van der Waals surface area contributed by atoms with Crippen LogP contribution < -0.4 is 0 Å². The SMILES string of the molecule is CCC[CH2][Sn]([CH2]CCC)([CH2]CCC)[CH]1C2CCC(CC2)N1C(=O)OC(C)(C)C. The van der Waals surface area contributed by atoms with Crippen molar-refractivity contribution in [3.8, 4) is 0 Å². The van der Waals surface area contributed by atoms with Crippen LogP contribution in [0.15, 0.2) is 0 Å². The molecule has 2 saturated heterocycles. The molecule has 2 heterocycles. The quantitative estimate of drug-likeness (QED) is 0.290. The van der Waals surface area contributed by atoms with E-state index in [1.807, 2.05) is 20.8 Å². The molecule has 0 radical (unpaired) electrons. The number of ether oxygens (including phenoxy) is 1. The van der Waals surface area contributed by atoms with Gasteiger partial charge in [0.15, 0.2) is 0 Å². The van der Waals surface area contributed by atoms with Crippen molar-refractivity contribution in [3.63, 3.8) is 0 Å². The third-order valence-corrected chi connectivity index (χ3v) is 24.5. The van der Waals surface area contributed by atoms with E-state index in [1.54, 1.807) is 0 Å². The minimum absolute atomic E-state index is 0.0115. The molecule has 0 aromatic heterocycles. The van der Waals surface area contributed by atoms with Crippen molar-refractivity contribution in [1.29, 1.82) is 0 Å². The van der Waals surface area contributed by atoms with Gasteiger partial charge >= 0.3 is 180 Å². The molecular formula is C24H47NO2Sn. The van der Waals surface area contributed by atoms with E-state index in [2.05, 4.69) is 25.7 Å². The van der Waals surface area contributed by atoms with E-state index >= 15 is 0 Å². The van der Waals surface area contributed by atoms with Crippen LogP contribution in [0, 0.1) is 5.92 Å². The van der Waals surface area contributed by atoms with E-state index in [4.69, 9.17) is 4.74 Å². The third-order valence-electron chi connectivity index (χ3n) is 7.20. The van der Waals surface area contributed by atoms with Gasteiger partial charge in [-0.15, -0.1) is 0 Å².